The molecule has 154 valence electrons. The molecule has 0 unspecified atom stereocenters. The van der Waals surface area contributed by atoms with Gasteiger partial charge in [0.15, 0.2) is 5.65 Å². The molecular formula is C19H17F3N8. The van der Waals surface area contributed by atoms with Crippen LogP contribution < -0.4 is 9.80 Å². The molecule has 4 aromatic rings. The average molecular weight is 414 g/mol. The molecule has 1 saturated heterocycles. The molecule has 5 rings (SSSR count). The largest absolute Gasteiger partial charge is 0.453 e. The smallest absolute Gasteiger partial charge is 0.353 e. The molecule has 30 heavy (non-hydrogen) atoms. The van der Waals surface area contributed by atoms with Gasteiger partial charge in [-0.05, 0) is 30.7 Å². The van der Waals surface area contributed by atoms with Gasteiger partial charge in [-0.15, -0.1) is 15.3 Å². The van der Waals surface area contributed by atoms with Crippen LogP contribution in [0.2, 0.25) is 0 Å². The Kier molecular flexibility index (Phi) is 4.37. The summed E-state index contributed by atoms with van der Waals surface area (Å²) < 4.78 is 40.2. The van der Waals surface area contributed by atoms with Crippen molar-refractivity contribution in [1.82, 2.24) is 29.8 Å². The number of aromatic nitrogens is 6. The fraction of sp³-hybridized carbons (Fsp3) is 0.316. The number of para-hydroxylation sites is 2. The number of nitrogens with zero attached hydrogens (tertiary/aromatic N) is 8. The number of rotatable bonds is 2. The molecule has 0 aliphatic carbocycles. The molecule has 0 N–H and O–H groups in total. The molecule has 1 aliphatic rings. The van der Waals surface area contributed by atoms with E-state index in [4.69, 9.17) is 4.98 Å². The Balaban J connectivity index is 1.38. The van der Waals surface area contributed by atoms with Crippen LogP contribution in [0.3, 0.4) is 0 Å². The lowest BCUT2D eigenvalue weighted by Gasteiger charge is -2.23. The minimum absolute atomic E-state index is 0.0639. The lowest BCUT2D eigenvalue weighted by Crippen LogP contribution is -2.32. The fourth-order valence-electron chi connectivity index (χ4n) is 3.60. The van der Waals surface area contributed by atoms with E-state index >= 15 is 0 Å². The fourth-order valence-corrected chi connectivity index (χ4v) is 3.60. The van der Waals surface area contributed by atoms with Crippen molar-refractivity contribution in [2.45, 2.75) is 12.6 Å². The standard InChI is InChI=1S/C19H17F3N8/c20-19(21,22)18-26-25-15-6-7-16(27-30(15)18)28-8-3-9-29(11-10-28)17-12-23-13-4-1-2-5-14(13)24-17/h1-2,4-7,12H,3,8-11H2. The zero-order valence-corrected chi connectivity index (χ0v) is 15.8. The van der Waals surface area contributed by atoms with Crippen molar-refractivity contribution in [1.29, 1.82) is 0 Å². The minimum Gasteiger partial charge on any atom is -0.353 e. The van der Waals surface area contributed by atoms with E-state index in [-0.39, 0.29) is 5.65 Å². The van der Waals surface area contributed by atoms with Crippen LogP contribution in [0.5, 0.6) is 0 Å². The van der Waals surface area contributed by atoms with Crippen LogP contribution in [0.25, 0.3) is 16.7 Å². The van der Waals surface area contributed by atoms with Gasteiger partial charge in [0.1, 0.15) is 11.6 Å². The predicted octanol–water partition coefficient (Wildman–Crippen LogP) is 2.80. The van der Waals surface area contributed by atoms with Crippen LogP contribution in [-0.4, -0.2) is 56.0 Å². The third kappa shape index (κ3) is 3.36. The van der Waals surface area contributed by atoms with E-state index in [0.29, 0.717) is 25.5 Å². The molecular weight excluding hydrogens is 397 g/mol. The molecule has 8 nitrogen and oxygen atoms in total. The first-order chi connectivity index (χ1) is 14.5. The number of benzene rings is 1. The number of hydrogen-bond acceptors (Lipinski definition) is 7. The number of fused-ring (bicyclic) bond motifs is 2. The Morgan fingerprint density at radius 1 is 0.800 bits per heavy atom. The van der Waals surface area contributed by atoms with Crippen molar-refractivity contribution in [3.05, 3.63) is 48.4 Å². The summed E-state index contributed by atoms with van der Waals surface area (Å²) in [6.45, 7) is 2.68. The summed E-state index contributed by atoms with van der Waals surface area (Å²) in [4.78, 5) is 13.3. The highest BCUT2D eigenvalue weighted by Crippen LogP contribution is 2.28. The first-order valence-corrected chi connectivity index (χ1v) is 9.50. The highest BCUT2D eigenvalue weighted by Gasteiger charge is 2.37. The van der Waals surface area contributed by atoms with Crippen molar-refractivity contribution in [3.63, 3.8) is 0 Å². The molecule has 0 radical (unpaired) electrons. The SMILES string of the molecule is FC(F)(F)c1nnc2ccc(N3CCCN(c4cnc5ccccc5n4)CC3)nn12. The summed E-state index contributed by atoms with van der Waals surface area (Å²) in [5, 5.41) is 10.9. The van der Waals surface area contributed by atoms with Crippen LogP contribution in [0.15, 0.2) is 42.6 Å². The summed E-state index contributed by atoms with van der Waals surface area (Å²) in [6, 6.07) is 10.9. The topological polar surface area (TPSA) is 75.3 Å². The van der Waals surface area contributed by atoms with Crippen LogP contribution >= 0.6 is 0 Å². The highest BCUT2D eigenvalue weighted by atomic mass is 19.4. The molecule has 0 spiro atoms. The molecule has 3 aromatic heterocycles. The van der Waals surface area contributed by atoms with E-state index in [0.717, 1.165) is 34.3 Å². The maximum absolute atomic E-state index is 13.1. The Bertz CT molecular complexity index is 1210. The van der Waals surface area contributed by atoms with E-state index < -0.39 is 12.0 Å². The van der Waals surface area contributed by atoms with Gasteiger partial charge in [0.25, 0.3) is 5.82 Å². The number of hydrogen-bond donors (Lipinski definition) is 0. The number of anilines is 2. The predicted molar refractivity (Wildman–Crippen MR) is 104 cm³/mol. The summed E-state index contributed by atoms with van der Waals surface area (Å²) in [6.07, 6.45) is -2.05. The monoisotopic (exact) mass is 414 g/mol. The van der Waals surface area contributed by atoms with Crippen molar-refractivity contribution < 1.29 is 13.2 Å². The molecule has 0 atom stereocenters. The third-order valence-corrected chi connectivity index (χ3v) is 5.08. The van der Waals surface area contributed by atoms with Gasteiger partial charge in [-0.1, -0.05) is 12.1 Å². The van der Waals surface area contributed by atoms with Gasteiger partial charge in [-0.25, -0.2) is 4.98 Å². The summed E-state index contributed by atoms with van der Waals surface area (Å²) in [5.41, 5.74) is 1.73. The second kappa shape index (κ2) is 7.08. The van der Waals surface area contributed by atoms with Gasteiger partial charge in [0.05, 0.1) is 17.2 Å². The Morgan fingerprint density at radius 3 is 2.30 bits per heavy atom. The van der Waals surface area contributed by atoms with Crippen molar-refractivity contribution in [2.24, 2.45) is 0 Å². The van der Waals surface area contributed by atoms with Gasteiger partial charge in [0.2, 0.25) is 0 Å². The first kappa shape index (κ1) is 18.5. The first-order valence-electron chi connectivity index (χ1n) is 9.50. The van der Waals surface area contributed by atoms with Gasteiger partial charge in [-0.2, -0.15) is 17.7 Å². The van der Waals surface area contributed by atoms with Crippen molar-refractivity contribution in [2.75, 3.05) is 36.0 Å². The molecule has 1 aliphatic heterocycles. The second-order valence-corrected chi connectivity index (χ2v) is 7.03. The van der Waals surface area contributed by atoms with E-state index in [1.54, 1.807) is 12.3 Å². The van der Waals surface area contributed by atoms with Crippen LogP contribution in [0.1, 0.15) is 12.2 Å². The molecule has 1 aromatic carbocycles. The molecule has 11 heteroatoms. The van der Waals surface area contributed by atoms with E-state index in [9.17, 15) is 13.2 Å². The summed E-state index contributed by atoms with van der Waals surface area (Å²) >= 11 is 0. The Labute approximate surface area is 169 Å². The van der Waals surface area contributed by atoms with Gasteiger partial charge in [-0.3, -0.25) is 4.98 Å². The normalized spacial score (nSPS) is 15.7. The lowest BCUT2D eigenvalue weighted by molar-refractivity contribution is -0.146. The third-order valence-electron chi connectivity index (χ3n) is 5.08. The average Bonchev–Trinajstić information content (AvgIpc) is 3.02. The lowest BCUT2D eigenvalue weighted by atomic mass is 10.3. The number of halogens is 3. The second-order valence-electron chi connectivity index (χ2n) is 7.03. The Morgan fingerprint density at radius 2 is 1.53 bits per heavy atom. The van der Waals surface area contributed by atoms with Gasteiger partial charge in [0, 0.05) is 26.2 Å². The van der Waals surface area contributed by atoms with E-state index in [1.165, 1.54) is 6.07 Å². The van der Waals surface area contributed by atoms with Gasteiger partial charge >= 0.3 is 6.18 Å². The number of alkyl halides is 3. The molecule has 0 saturated carbocycles. The Hall–Kier alpha value is -3.50. The van der Waals surface area contributed by atoms with E-state index in [1.807, 2.05) is 29.2 Å². The molecule has 0 bridgehead atoms. The van der Waals surface area contributed by atoms with Crippen molar-refractivity contribution in [3.8, 4) is 0 Å². The van der Waals surface area contributed by atoms with E-state index in [2.05, 4.69) is 25.2 Å². The van der Waals surface area contributed by atoms with Crippen LogP contribution in [0.4, 0.5) is 24.8 Å². The molecule has 0 amide bonds. The molecule has 1 fully saturated rings. The quantitative estimate of drug-likeness (QED) is 0.499. The minimum atomic E-state index is -4.62. The van der Waals surface area contributed by atoms with Crippen LogP contribution in [0, 0.1) is 0 Å². The zero-order chi connectivity index (χ0) is 20.7. The highest BCUT2D eigenvalue weighted by molar-refractivity contribution is 5.75. The maximum Gasteiger partial charge on any atom is 0.453 e. The summed E-state index contributed by atoms with van der Waals surface area (Å²) in [5.74, 6) is 0.124. The van der Waals surface area contributed by atoms with Crippen LogP contribution in [-0.2, 0) is 6.18 Å². The van der Waals surface area contributed by atoms with Gasteiger partial charge < -0.3 is 9.80 Å². The zero-order valence-electron chi connectivity index (χ0n) is 15.8. The van der Waals surface area contributed by atoms with Crippen molar-refractivity contribution >= 4 is 28.3 Å². The maximum atomic E-state index is 13.1. The summed E-state index contributed by atoms with van der Waals surface area (Å²) in [7, 11) is 0. The molecule has 4 heterocycles.